The number of hydrogen-bond donors (Lipinski definition) is 3. The Bertz CT molecular complexity index is 514. The number of benzene rings is 1. The molecular formula is C14H18N2O4. The minimum atomic E-state index is -1.11. The number of nitrogens with one attached hydrogen (secondary N) is 2. The van der Waals surface area contributed by atoms with Gasteiger partial charge in [0.05, 0.1) is 12.8 Å². The molecule has 1 rings (SSSR count). The lowest BCUT2D eigenvalue weighted by atomic mass is 10.2. The minimum Gasteiger partial charge on any atom is -0.495 e. The van der Waals surface area contributed by atoms with Gasteiger partial charge < -0.3 is 20.5 Å². The zero-order chi connectivity index (χ0) is 15.1. The molecule has 0 radical (unpaired) electrons. The predicted octanol–water partition coefficient (Wildman–Crippen LogP) is 2.15. The van der Waals surface area contributed by atoms with Crippen molar-refractivity contribution in [2.45, 2.75) is 19.4 Å². The molecule has 0 heterocycles. The molecule has 1 unspecified atom stereocenters. The number of carboxylic acid groups (broad SMARTS) is 1. The third kappa shape index (κ3) is 4.31. The molecule has 1 aromatic carbocycles. The summed E-state index contributed by atoms with van der Waals surface area (Å²) < 4.78 is 5.13. The van der Waals surface area contributed by atoms with Crippen LogP contribution >= 0.6 is 0 Å². The quantitative estimate of drug-likeness (QED) is 0.696. The van der Waals surface area contributed by atoms with Crippen molar-refractivity contribution in [3.05, 3.63) is 36.4 Å². The van der Waals surface area contributed by atoms with E-state index in [0.717, 1.165) is 5.56 Å². The Morgan fingerprint density at radius 3 is 2.75 bits per heavy atom. The van der Waals surface area contributed by atoms with Crippen LogP contribution in [0.25, 0.3) is 0 Å². The standard InChI is InChI=1S/C14H18N2O4/c1-4-5-10(13(17)18)15-14(19)16-11-8-9(2)6-7-12(11)20-3/h4,6-8,10H,1,5H2,2-3H3,(H,17,18)(H2,15,16,19). The maximum Gasteiger partial charge on any atom is 0.326 e. The highest BCUT2D eigenvalue weighted by atomic mass is 16.5. The van der Waals surface area contributed by atoms with Gasteiger partial charge in [-0.15, -0.1) is 6.58 Å². The van der Waals surface area contributed by atoms with E-state index in [2.05, 4.69) is 17.2 Å². The van der Waals surface area contributed by atoms with E-state index in [9.17, 15) is 9.59 Å². The Hall–Kier alpha value is -2.50. The van der Waals surface area contributed by atoms with Gasteiger partial charge in [-0.05, 0) is 31.0 Å². The summed E-state index contributed by atoms with van der Waals surface area (Å²) in [6, 6.07) is 3.69. The average Bonchev–Trinajstić information content (AvgIpc) is 2.38. The van der Waals surface area contributed by atoms with E-state index in [1.165, 1.54) is 13.2 Å². The fraction of sp³-hybridized carbons (Fsp3) is 0.286. The summed E-state index contributed by atoms with van der Waals surface area (Å²) in [5.74, 6) is -0.613. The second-order valence-electron chi connectivity index (χ2n) is 4.22. The summed E-state index contributed by atoms with van der Waals surface area (Å²) in [5, 5.41) is 13.9. The van der Waals surface area contributed by atoms with E-state index in [4.69, 9.17) is 9.84 Å². The number of urea groups is 1. The number of rotatable bonds is 6. The van der Waals surface area contributed by atoms with Crippen molar-refractivity contribution in [1.29, 1.82) is 0 Å². The van der Waals surface area contributed by atoms with Gasteiger partial charge in [0.2, 0.25) is 0 Å². The number of methoxy groups -OCH3 is 1. The van der Waals surface area contributed by atoms with E-state index >= 15 is 0 Å². The molecule has 6 heteroatoms. The monoisotopic (exact) mass is 278 g/mol. The fourth-order valence-electron chi connectivity index (χ4n) is 1.62. The summed E-state index contributed by atoms with van der Waals surface area (Å²) in [4.78, 5) is 22.7. The Labute approximate surface area is 117 Å². The first-order valence-electron chi connectivity index (χ1n) is 6.03. The first-order valence-corrected chi connectivity index (χ1v) is 6.03. The molecular weight excluding hydrogens is 260 g/mol. The van der Waals surface area contributed by atoms with Crippen molar-refractivity contribution >= 4 is 17.7 Å². The molecule has 0 bridgehead atoms. The SMILES string of the molecule is C=CCC(NC(=O)Nc1cc(C)ccc1OC)C(=O)O. The minimum absolute atomic E-state index is 0.147. The second-order valence-corrected chi connectivity index (χ2v) is 4.22. The lowest BCUT2D eigenvalue weighted by Crippen LogP contribution is -2.42. The molecule has 3 N–H and O–H groups in total. The maximum absolute atomic E-state index is 11.8. The molecule has 108 valence electrons. The number of amides is 2. The van der Waals surface area contributed by atoms with Crippen LogP contribution in [-0.2, 0) is 4.79 Å². The Morgan fingerprint density at radius 1 is 1.50 bits per heavy atom. The lowest BCUT2D eigenvalue weighted by Gasteiger charge is -2.15. The van der Waals surface area contributed by atoms with Gasteiger partial charge in [-0.1, -0.05) is 12.1 Å². The van der Waals surface area contributed by atoms with E-state index in [-0.39, 0.29) is 6.42 Å². The summed E-state index contributed by atoms with van der Waals surface area (Å²) in [6.07, 6.45) is 1.58. The van der Waals surface area contributed by atoms with Crippen LogP contribution in [0, 0.1) is 6.92 Å². The molecule has 2 amide bonds. The van der Waals surface area contributed by atoms with Gasteiger partial charge in [0.15, 0.2) is 0 Å². The maximum atomic E-state index is 11.8. The number of hydrogen-bond acceptors (Lipinski definition) is 3. The van der Waals surface area contributed by atoms with Crippen LogP contribution in [0.1, 0.15) is 12.0 Å². The summed E-state index contributed by atoms with van der Waals surface area (Å²) in [6.45, 7) is 5.33. The molecule has 0 saturated carbocycles. The number of carbonyl (C=O) groups excluding carboxylic acids is 1. The first-order chi connectivity index (χ1) is 9.47. The topological polar surface area (TPSA) is 87.7 Å². The molecule has 6 nitrogen and oxygen atoms in total. The Balaban J connectivity index is 2.77. The molecule has 20 heavy (non-hydrogen) atoms. The fourth-order valence-corrected chi connectivity index (χ4v) is 1.62. The van der Waals surface area contributed by atoms with Gasteiger partial charge >= 0.3 is 12.0 Å². The van der Waals surface area contributed by atoms with Crippen LogP contribution in [0.2, 0.25) is 0 Å². The molecule has 1 atom stereocenters. The van der Waals surface area contributed by atoms with Gasteiger partial charge in [-0.2, -0.15) is 0 Å². The highest BCUT2D eigenvalue weighted by Gasteiger charge is 2.18. The van der Waals surface area contributed by atoms with Crippen molar-refractivity contribution in [3.8, 4) is 5.75 Å². The largest absolute Gasteiger partial charge is 0.495 e. The number of ether oxygens (including phenoxy) is 1. The van der Waals surface area contributed by atoms with Crippen LogP contribution < -0.4 is 15.4 Å². The number of anilines is 1. The molecule has 0 aliphatic rings. The average molecular weight is 278 g/mol. The molecule has 0 fully saturated rings. The van der Waals surface area contributed by atoms with Crippen LogP contribution in [0.4, 0.5) is 10.5 Å². The van der Waals surface area contributed by atoms with Crippen LogP contribution in [0.5, 0.6) is 5.75 Å². The van der Waals surface area contributed by atoms with E-state index < -0.39 is 18.0 Å². The van der Waals surface area contributed by atoms with Crippen LogP contribution in [0.3, 0.4) is 0 Å². The van der Waals surface area contributed by atoms with Crippen molar-refractivity contribution < 1.29 is 19.4 Å². The van der Waals surface area contributed by atoms with E-state index in [0.29, 0.717) is 11.4 Å². The van der Waals surface area contributed by atoms with Crippen molar-refractivity contribution in [3.63, 3.8) is 0 Å². The Kier molecular flexibility index (Phi) is 5.58. The highest BCUT2D eigenvalue weighted by molar-refractivity contribution is 5.93. The predicted molar refractivity (Wildman–Crippen MR) is 76.1 cm³/mol. The zero-order valence-corrected chi connectivity index (χ0v) is 11.5. The van der Waals surface area contributed by atoms with Crippen LogP contribution in [0.15, 0.2) is 30.9 Å². The molecule has 0 aromatic heterocycles. The highest BCUT2D eigenvalue weighted by Crippen LogP contribution is 2.24. The van der Waals surface area contributed by atoms with Gasteiger partial charge in [-0.3, -0.25) is 0 Å². The smallest absolute Gasteiger partial charge is 0.326 e. The summed E-state index contributed by atoms with van der Waals surface area (Å²) in [7, 11) is 1.49. The van der Waals surface area contributed by atoms with E-state index in [1.807, 2.05) is 13.0 Å². The molecule has 1 aromatic rings. The molecule has 0 spiro atoms. The van der Waals surface area contributed by atoms with Gasteiger partial charge in [-0.25, -0.2) is 9.59 Å². The zero-order valence-electron chi connectivity index (χ0n) is 11.5. The molecule has 0 aliphatic heterocycles. The normalized spacial score (nSPS) is 11.3. The lowest BCUT2D eigenvalue weighted by molar-refractivity contribution is -0.139. The Morgan fingerprint density at radius 2 is 2.20 bits per heavy atom. The van der Waals surface area contributed by atoms with Gasteiger partial charge in [0.25, 0.3) is 0 Å². The third-order valence-electron chi connectivity index (χ3n) is 2.61. The third-order valence-corrected chi connectivity index (χ3v) is 2.61. The van der Waals surface area contributed by atoms with Gasteiger partial charge in [0.1, 0.15) is 11.8 Å². The number of carboxylic acids is 1. The number of aryl methyl sites for hydroxylation is 1. The first kappa shape index (κ1) is 15.6. The van der Waals surface area contributed by atoms with Gasteiger partial charge in [0, 0.05) is 0 Å². The van der Waals surface area contributed by atoms with Crippen molar-refractivity contribution in [2.75, 3.05) is 12.4 Å². The van der Waals surface area contributed by atoms with Crippen molar-refractivity contribution in [2.24, 2.45) is 0 Å². The van der Waals surface area contributed by atoms with Crippen LogP contribution in [-0.4, -0.2) is 30.3 Å². The van der Waals surface area contributed by atoms with E-state index in [1.54, 1.807) is 12.1 Å². The summed E-state index contributed by atoms with van der Waals surface area (Å²) >= 11 is 0. The molecule has 0 aliphatic carbocycles. The number of carbonyl (C=O) groups is 2. The number of aliphatic carboxylic acids is 1. The van der Waals surface area contributed by atoms with Crippen molar-refractivity contribution in [1.82, 2.24) is 5.32 Å². The summed E-state index contributed by atoms with van der Waals surface area (Å²) in [5.41, 5.74) is 1.43. The second kappa shape index (κ2) is 7.18. The molecule has 0 saturated heterocycles.